The topological polar surface area (TPSA) is 54.4 Å². The van der Waals surface area contributed by atoms with E-state index in [4.69, 9.17) is 0 Å². The van der Waals surface area contributed by atoms with Crippen LogP contribution in [-0.2, 0) is 9.59 Å². The molecule has 1 atom stereocenters. The predicted octanol–water partition coefficient (Wildman–Crippen LogP) is 2.03. The molecular formula is C13H20O3. The van der Waals surface area contributed by atoms with Crippen LogP contribution in [0.2, 0.25) is 0 Å². The summed E-state index contributed by atoms with van der Waals surface area (Å²) in [6.45, 7) is 7.20. The molecule has 0 aromatic heterocycles. The zero-order valence-electron chi connectivity index (χ0n) is 10.5. The summed E-state index contributed by atoms with van der Waals surface area (Å²) in [6.07, 6.45) is 0.738. The maximum Gasteiger partial charge on any atom is 0.166 e. The van der Waals surface area contributed by atoms with Gasteiger partial charge in [-0.25, -0.2) is 0 Å². The van der Waals surface area contributed by atoms with Gasteiger partial charge in [-0.1, -0.05) is 19.4 Å². The van der Waals surface area contributed by atoms with Crippen molar-refractivity contribution in [3.8, 4) is 0 Å². The number of ketones is 2. The lowest BCUT2D eigenvalue weighted by atomic mass is 9.69. The third-order valence-corrected chi connectivity index (χ3v) is 3.08. The summed E-state index contributed by atoms with van der Waals surface area (Å²) in [5.41, 5.74) is 1.34. The van der Waals surface area contributed by atoms with Gasteiger partial charge in [0, 0.05) is 5.57 Å². The van der Waals surface area contributed by atoms with Crippen LogP contribution in [0.4, 0.5) is 0 Å². The lowest BCUT2D eigenvalue weighted by molar-refractivity contribution is -0.124. The van der Waals surface area contributed by atoms with Crippen LogP contribution in [0.1, 0.15) is 47.0 Å². The molecule has 16 heavy (non-hydrogen) atoms. The SMILES string of the molecule is CC(=O)CC(=O)C1=C(C)CC(O)CC1(C)C. The monoisotopic (exact) mass is 224 g/mol. The first-order valence-corrected chi connectivity index (χ1v) is 5.65. The minimum absolute atomic E-state index is 0.0216. The maximum atomic E-state index is 12.0. The summed E-state index contributed by atoms with van der Waals surface area (Å²) in [5, 5.41) is 9.68. The van der Waals surface area contributed by atoms with Gasteiger partial charge in [0.15, 0.2) is 5.78 Å². The molecule has 0 fully saturated rings. The Bertz CT molecular complexity index is 350. The van der Waals surface area contributed by atoms with Crippen molar-refractivity contribution in [2.24, 2.45) is 5.41 Å². The van der Waals surface area contributed by atoms with Crippen molar-refractivity contribution in [1.82, 2.24) is 0 Å². The molecule has 1 aliphatic carbocycles. The van der Waals surface area contributed by atoms with Crippen molar-refractivity contribution in [2.75, 3.05) is 0 Å². The molecule has 0 radical (unpaired) electrons. The third kappa shape index (κ3) is 2.79. The normalized spacial score (nSPS) is 24.4. The average Bonchev–Trinajstić information content (AvgIpc) is 1.96. The summed E-state index contributed by atoms with van der Waals surface area (Å²) in [4.78, 5) is 23.0. The first kappa shape index (κ1) is 13.1. The maximum absolute atomic E-state index is 12.0. The highest BCUT2D eigenvalue weighted by molar-refractivity contribution is 6.08. The van der Waals surface area contributed by atoms with Gasteiger partial charge < -0.3 is 5.11 Å². The van der Waals surface area contributed by atoms with E-state index in [1.165, 1.54) is 6.92 Å². The fourth-order valence-electron chi connectivity index (χ4n) is 2.73. The predicted molar refractivity (Wildman–Crippen MR) is 62.0 cm³/mol. The van der Waals surface area contributed by atoms with E-state index in [0.717, 1.165) is 11.1 Å². The van der Waals surface area contributed by atoms with Gasteiger partial charge in [0.05, 0.1) is 12.5 Å². The summed E-state index contributed by atoms with van der Waals surface area (Å²) in [5.74, 6) is -0.186. The highest BCUT2D eigenvalue weighted by atomic mass is 16.3. The Morgan fingerprint density at radius 2 is 2.00 bits per heavy atom. The van der Waals surface area contributed by atoms with Crippen LogP contribution >= 0.6 is 0 Å². The molecule has 3 nitrogen and oxygen atoms in total. The first-order valence-electron chi connectivity index (χ1n) is 5.65. The van der Waals surface area contributed by atoms with Gasteiger partial charge in [-0.15, -0.1) is 0 Å². The lowest BCUT2D eigenvalue weighted by Crippen LogP contribution is -2.33. The van der Waals surface area contributed by atoms with E-state index in [-0.39, 0.29) is 29.5 Å². The van der Waals surface area contributed by atoms with E-state index in [0.29, 0.717) is 12.8 Å². The van der Waals surface area contributed by atoms with Gasteiger partial charge in [-0.3, -0.25) is 9.59 Å². The highest BCUT2D eigenvalue weighted by Crippen LogP contribution is 2.41. The van der Waals surface area contributed by atoms with Crippen molar-refractivity contribution < 1.29 is 14.7 Å². The summed E-state index contributed by atoms with van der Waals surface area (Å²) >= 11 is 0. The van der Waals surface area contributed by atoms with Crippen molar-refractivity contribution in [3.05, 3.63) is 11.1 Å². The quantitative estimate of drug-likeness (QED) is 0.746. The van der Waals surface area contributed by atoms with Gasteiger partial charge in [-0.2, -0.15) is 0 Å². The molecule has 0 heterocycles. The van der Waals surface area contributed by atoms with Crippen LogP contribution in [-0.4, -0.2) is 22.8 Å². The highest BCUT2D eigenvalue weighted by Gasteiger charge is 2.36. The molecule has 1 N–H and O–H groups in total. The second-order valence-electron chi connectivity index (χ2n) is 5.40. The van der Waals surface area contributed by atoms with E-state index in [1.807, 2.05) is 20.8 Å². The fraction of sp³-hybridized carbons (Fsp3) is 0.692. The summed E-state index contributed by atoms with van der Waals surface area (Å²) in [7, 11) is 0. The Morgan fingerprint density at radius 3 is 2.44 bits per heavy atom. The molecule has 0 aliphatic heterocycles. The number of carbonyl (C=O) groups excluding carboxylic acids is 2. The second kappa shape index (κ2) is 4.50. The minimum Gasteiger partial charge on any atom is -0.393 e. The lowest BCUT2D eigenvalue weighted by Gasteiger charge is -2.36. The standard InChI is InChI=1S/C13H20O3/c1-8-5-10(15)7-13(3,4)12(8)11(16)6-9(2)14/h10,15H,5-7H2,1-4H3. The fourth-order valence-corrected chi connectivity index (χ4v) is 2.73. The van der Waals surface area contributed by atoms with Crippen molar-refractivity contribution in [1.29, 1.82) is 0 Å². The van der Waals surface area contributed by atoms with Crippen LogP contribution in [0.3, 0.4) is 0 Å². The number of aliphatic hydroxyl groups is 1. The Labute approximate surface area is 96.5 Å². The largest absolute Gasteiger partial charge is 0.393 e. The van der Waals surface area contributed by atoms with Crippen LogP contribution < -0.4 is 0 Å². The molecule has 1 rings (SSSR count). The molecule has 1 unspecified atom stereocenters. The Morgan fingerprint density at radius 1 is 1.44 bits per heavy atom. The molecule has 0 bridgehead atoms. The second-order valence-corrected chi connectivity index (χ2v) is 5.40. The van der Waals surface area contributed by atoms with Crippen LogP contribution in [0, 0.1) is 5.41 Å². The van der Waals surface area contributed by atoms with E-state index < -0.39 is 0 Å². The van der Waals surface area contributed by atoms with Crippen molar-refractivity contribution in [2.45, 2.75) is 53.1 Å². The number of Topliss-reactive ketones (excluding diaryl/α,β-unsaturated/α-hetero) is 2. The van der Waals surface area contributed by atoms with Gasteiger partial charge in [0.2, 0.25) is 0 Å². The number of aliphatic hydroxyl groups excluding tert-OH is 1. The first-order chi connectivity index (χ1) is 7.24. The van der Waals surface area contributed by atoms with E-state index >= 15 is 0 Å². The molecule has 0 spiro atoms. The van der Waals surface area contributed by atoms with Gasteiger partial charge in [0.1, 0.15) is 5.78 Å². The van der Waals surface area contributed by atoms with Crippen molar-refractivity contribution in [3.63, 3.8) is 0 Å². The molecular weight excluding hydrogens is 204 g/mol. The molecule has 90 valence electrons. The summed E-state index contributed by atoms with van der Waals surface area (Å²) < 4.78 is 0. The van der Waals surface area contributed by atoms with Gasteiger partial charge in [0.25, 0.3) is 0 Å². The van der Waals surface area contributed by atoms with Crippen molar-refractivity contribution >= 4 is 11.6 Å². The smallest absolute Gasteiger partial charge is 0.166 e. The number of carbonyl (C=O) groups is 2. The molecule has 0 aromatic carbocycles. The minimum atomic E-state index is -0.371. The van der Waals surface area contributed by atoms with Crippen LogP contribution in [0.5, 0.6) is 0 Å². The number of hydrogen-bond acceptors (Lipinski definition) is 3. The third-order valence-electron chi connectivity index (χ3n) is 3.08. The van der Waals surface area contributed by atoms with Crippen LogP contribution in [0.25, 0.3) is 0 Å². The molecule has 0 saturated heterocycles. The zero-order valence-corrected chi connectivity index (χ0v) is 10.5. The average molecular weight is 224 g/mol. The van der Waals surface area contributed by atoms with Gasteiger partial charge >= 0.3 is 0 Å². The van der Waals surface area contributed by atoms with E-state index in [2.05, 4.69) is 0 Å². The number of rotatable bonds is 3. The van der Waals surface area contributed by atoms with E-state index in [9.17, 15) is 14.7 Å². The van der Waals surface area contributed by atoms with E-state index in [1.54, 1.807) is 0 Å². The van der Waals surface area contributed by atoms with Gasteiger partial charge in [-0.05, 0) is 32.1 Å². The molecule has 0 saturated carbocycles. The van der Waals surface area contributed by atoms with Crippen LogP contribution in [0.15, 0.2) is 11.1 Å². The Kier molecular flexibility index (Phi) is 3.68. The summed E-state index contributed by atoms with van der Waals surface area (Å²) in [6, 6.07) is 0. The molecule has 0 aromatic rings. The number of allylic oxidation sites excluding steroid dienone is 1. The molecule has 1 aliphatic rings. The molecule has 3 heteroatoms. The zero-order chi connectivity index (χ0) is 12.5. The number of hydrogen-bond donors (Lipinski definition) is 1. The Hall–Kier alpha value is -0.960. The Balaban J connectivity index is 3.03. The molecule has 0 amide bonds.